The summed E-state index contributed by atoms with van der Waals surface area (Å²) in [5, 5.41) is 21.0. The molecule has 1 unspecified atom stereocenters. The number of esters is 1. The lowest BCUT2D eigenvalue weighted by Crippen LogP contribution is -2.23. The minimum Gasteiger partial charge on any atom is -0.495 e. The summed E-state index contributed by atoms with van der Waals surface area (Å²) < 4.78 is 10.7. The van der Waals surface area contributed by atoms with Crippen molar-refractivity contribution in [3.8, 4) is 0 Å². The largest absolute Gasteiger partial charge is 0.495 e. The van der Waals surface area contributed by atoms with Crippen molar-refractivity contribution >= 4 is 5.97 Å². The summed E-state index contributed by atoms with van der Waals surface area (Å²) in [6, 6.07) is 0. The number of carbonyl (C=O) groups is 1. The summed E-state index contributed by atoms with van der Waals surface area (Å²) in [7, 11) is 1.41. The van der Waals surface area contributed by atoms with Crippen LogP contribution < -0.4 is 0 Å². The van der Waals surface area contributed by atoms with Crippen LogP contribution in [0.2, 0.25) is 0 Å². The van der Waals surface area contributed by atoms with Crippen molar-refractivity contribution in [1.29, 1.82) is 0 Å². The molecule has 3 aliphatic rings. The molecule has 0 aromatic carbocycles. The van der Waals surface area contributed by atoms with Gasteiger partial charge >= 0.3 is 5.97 Å². The maximum absolute atomic E-state index is 11.2. The van der Waals surface area contributed by atoms with Crippen molar-refractivity contribution in [1.82, 2.24) is 0 Å². The van der Waals surface area contributed by atoms with Gasteiger partial charge in [-0.25, -0.2) is 0 Å². The molecular formula is C23H36O5. The van der Waals surface area contributed by atoms with Crippen molar-refractivity contribution in [3.05, 3.63) is 24.0 Å². The molecular weight excluding hydrogens is 356 g/mol. The maximum Gasteiger partial charge on any atom is 0.305 e. The Balaban J connectivity index is 1.51. The van der Waals surface area contributed by atoms with Crippen LogP contribution in [0.25, 0.3) is 0 Å². The highest BCUT2D eigenvalue weighted by Gasteiger charge is 2.47. The second-order valence-corrected chi connectivity index (χ2v) is 8.82. The maximum atomic E-state index is 11.2. The van der Waals surface area contributed by atoms with Crippen LogP contribution in [0.3, 0.4) is 0 Å². The van der Waals surface area contributed by atoms with Gasteiger partial charge in [0, 0.05) is 31.1 Å². The number of ether oxygens (including phenoxy) is 2. The number of methoxy groups -OCH3 is 1. The zero-order valence-electron chi connectivity index (χ0n) is 17.3. The normalized spacial score (nSPS) is 33.9. The summed E-state index contributed by atoms with van der Waals surface area (Å²) in [5.74, 6) is 2.00. The van der Waals surface area contributed by atoms with Gasteiger partial charge in [0.1, 0.15) is 6.10 Å². The predicted molar refractivity (Wildman–Crippen MR) is 107 cm³/mol. The van der Waals surface area contributed by atoms with E-state index in [1.54, 1.807) is 0 Å². The van der Waals surface area contributed by atoms with Crippen LogP contribution in [0.1, 0.15) is 64.7 Å². The van der Waals surface area contributed by atoms with Crippen LogP contribution in [-0.2, 0) is 14.3 Å². The van der Waals surface area contributed by atoms with Gasteiger partial charge < -0.3 is 19.7 Å². The molecule has 5 nitrogen and oxygen atoms in total. The average molecular weight is 393 g/mol. The van der Waals surface area contributed by atoms with Gasteiger partial charge in [-0.05, 0) is 30.8 Å². The van der Waals surface area contributed by atoms with Crippen molar-refractivity contribution in [2.45, 2.75) is 83.0 Å². The Morgan fingerprint density at radius 1 is 1.36 bits per heavy atom. The van der Waals surface area contributed by atoms with E-state index in [9.17, 15) is 15.0 Å². The highest BCUT2D eigenvalue weighted by molar-refractivity contribution is 5.69. The van der Waals surface area contributed by atoms with Gasteiger partial charge in [-0.1, -0.05) is 44.8 Å². The average Bonchev–Trinajstić information content (AvgIpc) is 3.39. The second kappa shape index (κ2) is 9.93. The number of unbranched alkanes of at least 4 members (excludes halogenated alkanes) is 1. The van der Waals surface area contributed by atoms with Gasteiger partial charge in [0.05, 0.1) is 25.1 Å². The number of hydrogen-bond donors (Lipinski definition) is 2. The highest BCUT2D eigenvalue weighted by Crippen LogP contribution is 2.45. The van der Waals surface area contributed by atoms with E-state index in [2.05, 4.69) is 17.7 Å². The van der Waals surface area contributed by atoms with E-state index in [1.165, 1.54) is 32.8 Å². The lowest BCUT2D eigenvalue weighted by atomic mass is 9.86. The molecule has 0 aromatic heterocycles. The van der Waals surface area contributed by atoms with Crippen LogP contribution in [0, 0.1) is 23.7 Å². The molecule has 1 saturated heterocycles. The van der Waals surface area contributed by atoms with E-state index >= 15 is 0 Å². The Kier molecular flexibility index (Phi) is 7.58. The third-order valence-corrected chi connectivity index (χ3v) is 7.03. The first-order chi connectivity index (χ1) is 13.5. The molecule has 0 radical (unpaired) electrons. The second-order valence-electron chi connectivity index (χ2n) is 8.82. The number of aliphatic hydroxyl groups is 2. The van der Waals surface area contributed by atoms with Crippen LogP contribution in [-0.4, -0.2) is 41.6 Å². The molecule has 2 N–H and O–H groups in total. The minimum absolute atomic E-state index is 0.0383. The zero-order valence-corrected chi connectivity index (χ0v) is 17.3. The molecule has 1 aliphatic heterocycles. The fourth-order valence-electron chi connectivity index (χ4n) is 5.17. The van der Waals surface area contributed by atoms with E-state index in [1.807, 2.05) is 12.2 Å². The highest BCUT2D eigenvalue weighted by atomic mass is 16.5. The number of fused-ring (bicyclic) bond motifs is 1. The number of aliphatic hydroxyl groups excluding tert-OH is 2. The smallest absolute Gasteiger partial charge is 0.305 e. The Morgan fingerprint density at radius 3 is 2.82 bits per heavy atom. The van der Waals surface area contributed by atoms with E-state index in [0.717, 1.165) is 25.0 Å². The molecule has 2 saturated carbocycles. The van der Waals surface area contributed by atoms with Crippen molar-refractivity contribution in [2.75, 3.05) is 7.11 Å². The molecule has 28 heavy (non-hydrogen) atoms. The van der Waals surface area contributed by atoms with Gasteiger partial charge in [-0.3, -0.25) is 4.79 Å². The van der Waals surface area contributed by atoms with Crippen molar-refractivity contribution in [2.24, 2.45) is 23.7 Å². The number of allylic oxidation sites excluding steroid dienone is 2. The molecule has 0 aromatic rings. The van der Waals surface area contributed by atoms with Gasteiger partial charge in [-0.2, -0.15) is 0 Å². The molecule has 3 fully saturated rings. The third-order valence-electron chi connectivity index (χ3n) is 7.03. The topological polar surface area (TPSA) is 76.0 Å². The van der Waals surface area contributed by atoms with Crippen molar-refractivity contribution < 1.29 is 24.5 Å². The predicted octanol–water partition coefficient (Wildman–Crippen LogP) is 3.74. The lowest BCUT2D eigenvalue weighted by molar-refractivity contribution is -0.140. The quantitative estimate of drug-likeness (QED) is 0.374. The third kappa shape index (κ3) is 5.18. The van der Waals surface area contributed by atoms with E-state index < -0.39 is 12.2 Å². The van der Waals surface area contributed by atoms with E-state index in [-0.39, 0.29) is 29.8 Å². The van der Waals surface area contributed by atoms with Crippen molar-refractivity contribution in [3.63, 3.8) is 0 Å². The Labute approximate surface area is 168 Å². The Bertz CT molecular complexity index is 578. The van der Waals surface area contributed by atoms with E-state index in [4.69, 9.17) is 4.74 Å². The lowest BCUT2D eigenvalue weighted by Gasteiger charge is -2.23. The monoisotopic (exact) mass is 392 g/mol. The summed E-state index contributed by atoms with van der Waals surface area (Å²) in [5.41, 5.74) is 0. The molecule has 0 bridgehead atoms. The van der Waals surface area contributed by atoms with Gasteiger partial charge in [-0.15, -0.1) is 0 Å². The molecule has 158 valence electrons. The molecule has 1 heterocycles. The fourth-order valence-corrected chi connectivity index (χ4v) is 5.17. The van der Waals surface area contributed by atoms with Gasteiger partial charge in [0.2, 0.25) is 0 Å². The molecule has 3 rings (SSSR count). The fraction of sp³-hybridized carbons (Fsp3) is 0.783. The van der Waals surface area contributed by atoms with Crippen LogP contribution in [0.15, 0.2) is 24.0 Å². The first-order valence-corrected chi connectivity index (χ1v) is 11.0. The number of carbonyl (C=O) groups excluding carboxylic acids is 1. The number of hydrogen-bond acceptors (Lipinski definition) is 5. The molecule has 6 atom stereocenters. The minimum atomic E-state index is -0.440. The molecule has 5 heteroatoms. The number of rotatable bonds is 8. The van der Waals surface area contributed by atoms with Crippen LogP contribution in [0.5, 0.6) is 0 Å². The summed E-state index contributed by atoms with van der Waals surface area (Å²) >= 11 is 0. The Morgan fingerprint density at radius 2 is 2.11 bits per heavy atom. The van der Waals surface area contributed by atoms with Gasteiger partial charge in [0.25, 0.3) is 0 Å². The molecule has 0 spiro atoms. The van der Waals surface area contributed by atoms with Gasteiger partial charge in [0.15, 0.2) is 0 Å². The molecule has 2 aliphatic carbocycles. The zero-order chi connectivity index (χ0) is 20.1. The first-order valence-electron chi connectivity index (χ1n) is 11.0. The summed E-state index contributed by atoms with van der Waals surface area (Å²) in [4.78, 5) is 11.2. The van der Waals surface area contributed by atoms with Crippen LogP contribution >= 0.6 is 0 Å². The SMILES string of the molecule is COC(=O)CCC/C=C1/C[C@@H]2[C@@H](/C=C/[C@H](O)C(C)C3CCCC3)[C@H](O)C[C@H]2O1. The standard InChI is InChI=1S/C23H36O5/c1-15(16-7-3-4-8-16)20(24)12-11-18-19-13-17(28-22(19)14-21(18)25)9-5-6-10-23(26)27-2/h9,11-12,15-16,18-22,24-25H,3-8,10,13-14H2,1-2H3/b12-11+,17-9-/t15?,18-,19-,20+,21-,22-/m1/s1. The first kappa shape index (κ1) is 21.4. The van der Waals surface area contributed by atoms with E-state index in [0.29, 0.717) is 18.8 Å². The summed E-state index contributed by atoms with van der Waals surface area (Å²) in [6.07, 6.45) is 13.7. The van der Waals surface area contributed by atoms with Crippen LogP contribution in [0.4, 0.5) is 0 Å². The Hall–Kier alpha value is -1.33. The molecule has 0 amide bonds. The summed E-state index contributed by atoms with van der Waals surface area (Å²) in [6.45, 7) is 2.15.